The Morgan fingerprint density at radius 1 is 0.700 bits per heavy atom. The summed E-state index contributed by atoms with van der Waals surface area (Å²) in [4.78, 5) is 0. The first kappa shape index (κ1) is 4.79. The highest BCUT2D eigenvalue weighted by atomic mass is 14.7. The summed E-state index contributed by atoms with van der Waals surface area (Å²) in [5, 5.41) is 0. The summed E-state index contributed by atoms with van der Waals surface area (Å²) in [6, 6.07) is 0. The van der Waals surface area contributed by atoms with E-state index < -0.39 is 0 Å². The lowest BCUT2D eigenvalue weighted by Crippen LogP contribution is -2.06. The molecule has 5 saturated carbocycles. The Balaban J connectivity index is 1.75. The predicted molar refractivity (Wildman–Crippen MR) is 39.4 cm³/mol. The third-order valence-corrected chi connectivity index (χ3v) is 4.70. The van der Waals surface area contributed by atoms with E-state index in [4.69, 9.17) is 0 Å². The molecule has 0 aromatic carbocycles. The quantitative estimate of drug-likeness (QED) is 0.516. The van der Waals surface area contributed by atoms with E-state index in [-0.39, 0.29) is 0 Å². The fraction of sp³-hybridized carbons (Fsp3) is 1.00. The fourth-order valence-electron chi connectivity index (χ4n) is 4.31. The van der Waals surface area contributed by atoms with Crippen LogP contribution in [0.4, 0.5) is 0 Å². The molecule has 5 fully saturated rings. The lowest BCUT2D eigenvalue weighted by Gasteiger charge is -2.11. The normalized spacial score (nSPS) is 69.0. The zero-order chi connectivity index (χ0) is 6.29. The van der Waals surface area contributed by atoms with Crippen LogP contribution < -0.4 is 0 Å². The van der Waals surface area contributed by atoms with Gasteiger partial charge in [-0.2, -0.15) is 0 Å². The van der Waals surface area contributed by atoms with Crippen LogP contribution >= 0.6 is 0 Å². The van der Waals surface area contributed by atoms with Gasteiger partial charge in [-0.25, -0.2) is 0 Å². The van der Waals surface area contributed by atoms with Crippen LogP contribution in [0.5, 0.6) is 0 Å². The molecule has 0 aromatic rings. The molecule has 5 rings (SSSR count). The SMILES string of the molecule is C1CC1C1C2CC3C(C2)C31. The van der Waals surface area contributed by atoms with Gasteiger partial charge in [0, 0.05) is 0 Å². The molecule has 3 atom stereocenters. The topological polar surface area (TPSA) is 0 Å². The lowest BCUT2D eigenvalue weighted by molar-refractivity contribution is 0.364. The van der Waals surface area contributed by atoms with E-state index in [2.05, 4.69) is 0 Å². The Labute approximate surface area is 62.0 Å². The van der Waals surface area contributed by atoms with Gasteiger partial charge in [0.2, 0.25) is 0 Å². The molecule has 0 spiro atoms. The predicted octanol–water partition coefficient (Wildman–Crippen LogP) is 2.30. The smallest absolute Gasteiger partial charge is 0.0318 e. The molecule has 0 nitrogen and oxygen atoms in total. The van der Waals surface area contributed by atoms with Gasteiger partial charge in [-0.05, 0) is 61.2 Å². The largest absolute Gasteiger partial charge is 0.0499 e. The van der Waals surface area contributed by atoms with Crippen molar-refractivity contribution in [2.75, 3.05) is 0 Å². The van der Waals surface area contributed by atoms with Crippen molar-refractivity contribution in [2.24, 2.45) is 35.5 Å². The van der Waals surface area contributed by atoms with Crippen LogP contribution in [0.1, 0.15) is 25.7 Å². The van der Waals surface area contributed by atoms with Crippen molar-refractivity contribution in [2.45, 2.75) is 25.7 Å². The summed E-state index contributed by atoms with van der Waals surface area (Å²) in [6.45, 7) is 0. The Morgan fingerprint density at radius 3 is 1.80 bits per heavy atom. The first-order valence-corrected chi connectivity index (χ1v) is 4.95. The molecule has 4 bridgehead atoms. The summed E-state index contributed by atoms with van der Waals surface area (Å²) in [6.07, 6.45) is 6.49. The van der Waals surface area contributed by atoms with E-state index in [1.807, 2.05) is 0 Å². The average molecular weight is 134 g/mol. The van der Waals surface area contributed by atoms with Crippen LogP contribution in [-0.2, 0) is 0 Å². The molecule has 0 N–H and O–H groups in total. The molecule has 0 aliphatic heterocycles. The molecule has 0 heteroatoms. The molecule has 0 saturated heterocycles. The van der Waals surface area contributed by atoms with E-state index in [1.165, 1.54) is 35.5 Å². The Bertz CT molecular complexity index is 178. The van der Waals surface area contributed by atoms with Gasteiger partial charge < -0.3 is 0 Å². The van der Waals surface area contributed by atoms with E-state index in [0.717, 1.165) is 0 Å². The summed E-state index contributed by atoms with van der Waals surface area (Å²) < 4.78 is 0. The van der Waals surface area contributed by atoms with Gasteiger partial charge >= 0.3 is 0 Å². The minimum absolute atomic E-state index is 1.23. The fourth-order valence-corrected chi connectivity index (χ4v) is 4.31. The van der Waals surface area contributed by atoms with Crippen molar-refractivity contribution in [1.29, 1.82) is 0 Å². The monoisotopic (exact) mass is 134 g/mol. The van der Waals surface area contributed by atoms with Crippen LogP contribution in [0.3, 0.4) is 0 Å². The highest BCUT2D eigenvalue weighted by Gasteiger charge is 2.70. The maximum atomic E-state index is 1.65. The second-order valence-electron chi connectivity index (χ2n) is 5.05. The third kappa shape index (κ3) is 0.360. The lowest BCUT2D eigenvalue weighted by atomic mass is 9.93. The number of hydrogen-bond donors (Lipinski definition) is 0. The van der Waals surface area contributed by atoms with Crippen LogP contribution in [0.25, 0.3) is 0 Å². The minimum atomic E-state index is 1.23. The standard InChI is InChI=1S/C10H14/c1-2-5(1)9-6-3-7-8(4-6)10(7)9/h5-10H,1-4H2. The molecule has 10 heavy (non-hydrogen) atoms. The molecule has 0 heterocycles. The highest BCUT2D eigenvalue weighted by Crippen LogP contribution is 2.76. The molecular weight excluding hydrogens is 120 g/mol. The highest BCUT2D eigenvalue weighted by molar-refractivity contribution is 5.18. The second kappa shape index (κ2) is 1.19. The molecule has 3 unspecified atom stereocenters. The second-order valence-corrected chi connectivity index (χ2v) is 5.05. The summed E-state index contributed by atoms with van der Waals surface area (Å²) in [7, 11) is 0. The van der Waals surface area contributed by atoms with Crippen molar-refractivity contribution in [3.8, 4) is 0 Å². The van der Waals surface area contributed by atoms with Gasteiger partial charge in [-0.3, -0.25) is 0 Å². The van der Waals surface area contributed by atoms with Crippen molar-refractivity contribution >= 4 is 0 Å². The Morgan fingerprint density at radius 2 is 1.40 bits per heavy atom. The summed E-state index contributed by atoms with van der Waals surface area (Å²) >= 11 is 0. The zero-order valence-electron chi connectivity index (χ0n) is 6.29. The number of hydrogen-bond acceptors (Lipinski definition) is 0. The summed E-state index contributed by atoms with van der Waals surface area (Å²) in [5.41, 5.74) is 0. The van der Waals surface area contributed by atoms with Gasteiger partial charge in [0.25, 0.3) is 0 Å². The zero-order valence-corrected chi connectivity index (χ0v) is 6.29. The third-order valence-electron chi connectivity index (χ3n) is 4.70. The van der Waals surface area contributed by atoms with Crippen molar-refractivity contribution < 1.29 is 0 Å². The molecule has 5 aliphatic carbocycles. The van der Waals surface area contributed by atoms with Gasteiger partial charge in [0.1, 0.15) is 0 Å². The molecule has 0 aromatic heterocycles. The molecule has 5 aliphatic rings. The minimum Gasteiger partial charge on any atom is -0.0499 e. The van der Waals surface area contributed by atoms with Crippen LogP contribution in [0.15, 0.2) is 0 Å². The van der Waals surface area contributed by atoms with Gasteiger partial charge in [0.15, 0.2) is 0 Å². The van der Waals surface area contributed by atoms with Crippen LogP contribution in [0.2, 0.25) is 0 Å². The average Bonchev–Trinajstić information content (AvgIpc) is 2.78. The maximum absolute atomic E-state index is 1.65. The first-order chi connectivity index (χ1) is 4.95. The molecule has 0 amide bonds. The number of rotatable bonds is 1. The van der Waals surface area contributed by atoms with E-state index in [9.17, 15) is 0 Å². The molecule has 54 valence electrons. The Hall–Kier alpha value is 0. The van der Waals surface area contributed by atoms with Gasteiger partial charge in [-0.15, -0.1) is 0 Å². The Kier molecular flexibility index (Phi) is 0.570. The van der Waals surface area contributed by atoms with E-state index in [0.29, 0.717) is 0 Å². The summed E-state index contributed by atoms with van der Waals surface area (Å²) in [5.74, 6) is 7.51. The van der Waals surface area contributed by atoms with Gasteiger partial charge in [-0.1, -0.05) is 0 Å². The molecule has 0 radical (unpaired) electrons. The van der Waals surface area contributed by atoms with Crippen LogP contribution in [0, 0.1) is 35.5 Å². The van der Waals surface area contributed by atoms with Crippen molar-refractivity contribution in [1.82, 2.24) is 0 Å². The van der Waals surface area contributed by atoms with Crippen molar-refractivity contribution in [3.05, 3.63) is 0 Å². The van der Waals surface area contributed by atoms with E-state index in [1.54, 1.807) is 25.7 Å². The van der Waals surface area contributed by atoms with Crippen LogP contribution in [-0.4, -0.2) is 0 Å². The first-order valence-electron chi connectivity index (χ1n) is 4.95. The maximum Gasteiger partial charge on any atom is -0.0318 e. The van der Waals surface area contributed by atoms with Gasteiger partial charge in [0.05, 0.1) is 0 Å². The molecular formula is C10H14. The van der Waals surface area contributed by atoms with E-state index >= 15 is 0 Å². The van der Waals surface area contributed by atoms with Crippen molar-refractivity contribution in [3.63, 3.8) is 0 Å².